The molecular weight excluding hydrogens is 220 g/mol. The predicted molar refractivity (Wildman–Crippen MR) is 72.3 cm³/mol. The third kappa shape index (κ3) is 4.38. The highest BCUT2D eigenvalue weighted by Crippen LogP contribution is 2.31. The second-order valence-corrected chi connectivity index (χ2v) is 15.9. The topological polar surface area (TPSA) is 29.5 Å². The Balaban J connectivity index is 4.63. The van der Waals surface area contributed by atoms with Gasteiger partial charge in [-0.1, -0.05) is 20.0 Å². The Morgan fingerprint density at radius 2 is 1.60 bits per heavy atom. The summed E-state index contributed by atoms with van der Waals surface area (Å²) in [6, 6.07) is 0. The molecular formula is C11H28O2Si2. The molecule has 0 radical (unpaired) electrons. The Morgan fingerprint density at radius 3 is 1.93 bits per heavy atom. The molecule has 0 aromatic rings. The van der Waals surface area contributed by atoms with Crippen molar-refractivity contribution in [3.8, 4) is 0 Å². The molecule has 0 rings (SSSR count). The van der Waals surface area contributed by atoms with Gasteiger partial charge in [0.1, 0.15) is 0 Å². The molecule has 0 spiro atoms. The Hall–Kier alpha value is 0.354. The first kappa shape index (κ1) is 15.4. The van der Waals surface area contributed by atoms with Crippen LogP contribution in [0.1, 0.15) is 27.2 Å². The Labute approximate surface area is 97.2 Å². The maximum Gasteiger partial charge on any atom is 0.184 e. The van der Waals surface area contributed by atoms with Crippen LogP contribution in [0.2, 0.25) is 31.9 Å². The van der Waals surface area contributed by atoms with Crippen molar-refractivity contribution in [1.29, 1.82) is 0 Å². The van der Waals surface area contributed by atoms with Crippen LogP contribution >= 0.6 is 0 Å². The van der Waals surface area contributed by atoms with E-state index in [1.54, 1.807) is 0 Å². The SMILES string of the molecule is CCO[Si](C)(C)C[Si](C)(C)C(C)(O)CC. The third-order valence-corrected chi connectivity index (χ3v) is 14.8. The van der Waals surface area contributed by atoms with Crippen LogP contribution < -0.4 is 0 Å². The van der Waals surface area contributed by atoms with Crippen LogP contribution in [-0.4, -0.2) is 33.3 Å². The molecule has 0 aromatic carbocycles. The minimum Gasteiger partial charge on any atom is -0.418 e. The molecule has 0 saturated carbocycles. The summed E-state index contributed by atoms with van der Waals surface area (Å²) in [6.45, 7) is 16.0. The van der Waals surface area contributed by atoms with Gasteiger partial charge in [-0.25, -0.2) is 0 Å². The molecule has 1 unspecified atom stereocenters. The number of aliphatic hydroxyl groups is 1. The predicted octanol–water partition coefficient (Wildman–Crippen LogP) is 3.18. The van der Waals surface area contributed by atoms with Crippen LogP contribution in [0.25, 0.3) is 0 Å². The lowest BCUT2D eigenvalue weighted by Crippen LogP contribution is -2.56. The molecule has 0 amide bonds. The van der Waals surface area contributed by atoms with Crippen LogP contribution in [0, 0.1) is 0 Å². The molecule has 92 valence electrons. The van der Waals surface area contributed by atoms with Gasteiger partial charge in [-0.05, 0) is 39.0 Å². The van der Waals surface area contributed by atoms with Crippen molar-refractivity contribution in [3.05, 3.63) is 0 Å². The van der Waals surface area contributed by atoms with Crippen molar-refractivity contribution in [2.24, 2.45) is 0 Å². The van der Waals surface area contributed by atoms with Gasteiger partial charge in [0.15, 0.2) is 8.32 Å². The van der Waals surface area contributed by atoms with E-state index in [2.05, 4.69) is 40.0 Å². The fourth-order valence-electron chi connectivity index (χ4n) is 2.18. The summed E-state index contributed by atoms with van der Waals surface area (Å²) in [6.07, 6.45) is 0.850. The minimum atomic E-state index is -1.61. The van der Waals surface area contributed by atoms with Gasteiger partial charge in [0.2, 0.25) is 0 Å². The monoisotopic (exact) mass is 248 g/mol. The zero-order valence-electron chi connectivity index (χ0n) is 11.5. The van der Waals surface area contributed by atoms with Crippen molar-refractivity contribution in [3.63, 3.8) is 0 Å². The van der Waals surface area contributed by atoms with Crippen LogP contribution in [0.3, 0.4) is 0 Å². The van der Waals surface area contributed by atoms with E-state index in [1.807, 2.05) is 6.92 Å². The van der Waals surface area contributed by atoms with Crippen molar-refractivity contribution in [2.75, 3.05) is 6.61 Å². The van der Waals surface area contributed by atoms with Gasteiger partial charge >= 0.3 is 0 Å². The summed E-state index contributed by atoms with van der Waals surface area (Å²) in [4.78, 5) is 0. The minimum absolute atomic E-state index is 0.464. The summed E-state index contributed by atoms with van der Waals surface area (Å²) in [5.41, 5.74) is 1.13. The lowest BCUT2D eigenvalue weighted by atomic mass is 10.3. The maximum absolute atomic E-state index is 10.4. The number of hydrogen-bond acceptors (Lipinski definition) is 2. The smallest absolute Gasteiger partial charge is 0.184 e. The van der Waals surface area contributed by atoms with Crippen LogP contribution in [0.5, 0.6) is 0 Å². The highest BCUT2D eigenvalue weighted by Gasteiger charge is 2.44. The average molecular weight is 249 g/mol. The second kappa shape index (κ2) is 5.12. The standard InChI is InChI=1S/C11H28O2Si2/c1-8-11(3,12)14(4,5)10-15(6,7)13-9-2/h12H,8-10H2,1-7H3. The lowest BCUT2D eigenvalue weighted by Gasteiger charge is -2.41. The molecule has 0 aliphatic heterocycles. The van der Waals surface area contributed by atoms with E-state index < -0.39 is 21.6 Å². The van der Waals surface area contributed by atoms with Gasteiger partial charge in [-0.2, -0.15) is 0 Å². The molecule has 0 fully saturated rings. The zero-order valence-corrected chi connectivity index (χ0v) is 13.5. The summed E-state index contributed by atoms with van der Waals surface area (Å²) in [5.74, 6) is 0. The number of hydrogen-bond donors (Lipinski definition) is 1. The fourth-order valence-corrected chi connectivity index (χ4v) is 14.4. The molecule has 15 heavy (non-hydrogen) atoms. The van der Waals surface area contributed by atoms with Gasteiger partial charge in [-0.3, -0.25) is 0 Å². The van der Waals surface area contributed by atoms with Crippen molar-refractivity contribution < 1.29 is 9.53 Å². The van der Waals surface area contributed by atoms with Gasteiger partial charge in [0, 0.05) is 6.61 Å². The normalized spacial score (nSPS) is 17.6. The van der Waals surface area contributed by atoms with Crippen LogP contribution in [0.4, 0.5) is 0 Å². The van der Waals surface area contributed by atoms with E-state index in [-0.39, 0.29) is 0 Å². The van der Waals surface area contributed by atoms with E-state index in [0.717, 1.165) is 18.7 Å². The summed E-state index contributed by atoms with van der Waals surface area (Å²) >= 11 is 0. The molecule has 0 saturated heterocycles. The third-order valence-electron chi connectivity index (χ3n) is 3.55. The van der Waals surface area contributed by atoms with Gasteiger partial charge < -0.3 is 9.53 Å². The fraction of sp³-hybridized carbons (Fsp3) is 1.00. The zero-order chi connectivity index (χ0) is 12.3. The van der Waals surface area contributed by atoms with Crippen molar-refractivity contribution in [1.82, 2.24) is 0 Å². The van der Waals surface area contributed by atoms with E-state index in [0.29, 0.717) is 0 Å². The lowest BCUT2D eigenvalue weighted by molar-refractivity contribution is 0.130. The molecule has 0 aliphatic carbocycles. The van der Waals surface area contributed by atoms with Crippen LogP contribution in [0.15, 0.2) is 0 Å². The van der Waals surface area contributed by atoms with E-state index in [9.17, 15) is 5.11 Å². The average Bonchev–Trinajstić information content (AvgIpc) is 2.01. The van der Waals surface area contributed by atoms with Gasteiger partial charge in [0.05, 0.1) is 13.3 Å². The summed E-state index contributed by atoms with van der Waals surface area (Å²) in [7, 11) is -3.17. The molecule has 1 atom stereocenters. The Morgan fingerprint density at radius 1 is 1.13 bits per heavy atom. The molecule has 2 nitrogen and oxygen atoms in total. The van der Waals surface area contributed by atoms with E-state index in [1.165, 1.54) is 0 Å². The second-order valence-electron chi connectivity index (χ2n) is 5.88. The van der Waals surface area contributed by atoms with E-state index in [4.69, 9.17) is 4.43 Å². The van der Waals surface area contributed by atoms with E-state index >= 15 is 0 Å². The number of rotatable bonds is 6. The largest absolute Gasteiger partial charge is 0.418 e. The molecule has 0 aromatic heterocycles. The van der Waals surface area contributed by atoms with Crippen molar-refractivity contribution >= 4 is 16.4 Å². The first-order valence-electron chi connectivity index (χ1n) is 5.94. The summed E-state index contributed by atoms with van der Waals surface area (Å²) in [5, 5.41) is 9.95. The molecule has 1 N–H and O–H groups in total. The first-order valence-corrected chi connectivity index (χ1v) is 12.3. The maximum atomic E-state index is 10.4. The van der Waals surface area contributed by atoms with Gasteiger partial charge in [0.25, 0.3) is 0 Å². The Kier molecular flexibility index (Phi) is 5.24. The highest BCUT2D eigenvalue weighted by molar-refractivity contribution is 6.94. The molecule has 0 heterocycles. The van der Waals surface area contributed by atoms with Gasteiger partial charge in [-0.15, -0.1) is 0 Å². The molecule has 0 bridgehead atoms. The Bertz CT molecular complexity index is 201. The molecule has 4 heteroatoms. The van der Waals surface area contributed by atoms with Crippen molar-refractivity contribution in [2.45, 2.75) is 64.3 Å². The van der Waals surface area contributed by atoms with Crippen LogP contribution in [-0.2, 0) is 4.43 Å². The first-order chi connectivity index (χ1) is 6.58. The quantitative estimate of drug-likeness (QED) is 0.732. The molecule has 0 aliphatic rings. The summed E-state index contributed by atoms with van der Waals surface area (Å²) < 4.78 is 5.87. The highest BCUT2D eigenvalue weighted by atomic mass is 28.4.